The second-order valence-corrected chi connectivity index (χ2v) is 6.09. The molecule has 2 aromatic heterocycles. The van der Waals surface area contributed by atoms with Gasteiger partial charge in [0.25, 0.3) is 0 Å². The lowest BCUT2D eigenvalue weighted by atomic mass is 10.2. The minimum Gasteiger partial charge on any atom is -0.378 e. The normalized spacial score (nSPS) is 12.3. The first-order chi connectivity index (χ1) is 10.3. The number of aryl methyl sites for hydroxylation is 1. The van der Waals surface area contributed by atoms with Gasteiger partial charge in [-0.3, -0.25) is 0 Å². The van der Waals surface area contributed by atoms with Crippen LogP contribution in [-0.4, -0.2) is 15.0 Å². The largest absolute Gasteiger partial charge is 0.378 e. The fourth-order valence-corrected chi connectivity index (χ4v) is 3.13. The number of benzene rings is 1. The fraction of sp³-hybridized carbons (Fsp3) is 0.250. The van der Waals surface area contributed by atoms with E-state index in [1.165, 1.54) is 9.75 Å². The molecule has 5 heteroatoms. The molecule has 108 valence electrons. The Morgan fingerprint density at radius 3 is 2.43 bits per heavy atom. The number of hydrogen-bond donors (Lipinski definition) is 1. The molecule has 0 spiro atoms. The highest BCUT2D eigenvalue weighted by atomic mass is 32.1. The summed E-state index contributed by atoms with van der Waals surface area (Å²) in [5.74, 6) is 0. The van der Waals surface area contributed by atoms with Crippen LogP contribution in [0.1, 0.15) is 29.6 Å². The second-order valence-electron chi connectivity index (χ2n) is 4.89. The van der Waals surface area contributed by atoms with Crippen LogP contribution in [0.2, 0.25) is 0 Å². The van der Waals surface area contributed by atoms with Gasteiger partial charge in [-0.15, -0.1) is 11.3 Å². The Hall–Kier alpha value is -2.14. The first-order valence-electron chi connectivity index (χ1n) is 7.08. The van der Waals surface area contributed by atoms with Crippen molar-refractivity contribution in [3.8, 4) is 5.69 Å². The van der Waals surface area contributed by atoms with Crippen molar-refractivity contribution >= 4 is 17.0 Å². The van der Waals surface area contributed by atoms with Crippen LogP contribution in [0.15, 0.2) is 48.8 Å². The van der Waals surface area contributed by atoms with Crippen molar-refractivity contribution in [2.24, 2.45) is 0 Å². The number of anilines is 1. The van der Waals surface area contributed by atoms with E-state index in [0.717, 1.165) is 17.8 Å². The molecule has 0 bridgehead atoms. The van der Waals surface area contributed by atoms with Gasteiger partial charge in [0.2, 0.25) is 0 Å². The third-order valence-electron chi connectivity index (χ3n) is 3.36. The molecule has 0 radical (unpaired) electrons. The van der Waals surface area contributed by atoms with Crippen LogP contribution in [0, 0.1) is 0 Å². The minimum absolute atomic E-state index is 0.309. The summed E-state index contributed by atoms with van der Waals surface area (Å²) in [4.78, 5) is 4.41. The summed E-state index contributed by atoms with van der Waals surface area (Å²) in [5.41, 5.74) is 2.06. The summed E-state index contributed by atoms with van der Waals surface area (Å²) in [6.07, 6.45) is 4.45. The van der Waals surface area contributed by atoms with Gasteiger partial charge in [0.15, 0.2) is 0 Å². The molecule has 4 nitrogen and oxygen atoms in total. The molecule has 1 unspecified atom stereocenters. The smallest absolute Gasteiger partial charge is 0.0858 e. The van der Waals surface area contributed by atoms with Crippen molar-refractivity contribution in [1.29, 1.82) is 0 Å². The average molecular weight is 298 g/mol. The van der Waals surface area contributed by atoms with Gasteiger partial charge in [-0.25, -0.2) is 0 Å². The zero-order chi connectivity index (χ0) is 14.7. The number of thiophene rings is 1. The van der Waals surface area contributed by atoms with Crippen LogP contribution < -0.4 is 5.32 Å². The Morgan fingerprint density at radius 1 is 1.10 bits per heavy atom. The van der Waals surface area contributed by atoms with Gasteiger partial charge < -0.3 is 5.32 Å². The first-order valence-corrected chi connectivity index (χ1v) is 7.90. The quantitative estimate of drug-likeness (QED) is 0.772. The van der Waals surface area contributed by atoms with E-state index in [2.05, 4.69) is 53.6 Å². The van der Waals surface area contributed by atoms with Gasteiger partial charge in [-0.1, -0.05) is 6.92 Å². The van der Waals surface area contributed by atoms with Gasteiger partial charge in [-0.2, -0.15) is 15.0 Å². The van der Waals surface area contributed by atoms with Crippen LogP contribution in [0.4, 0.5) is 5.69 Å². The van der Waals surface area contributed by atoms with Gasteiger partial charge in [0.1, 0.15) is 0 Å². The Kier molecular flexibility index (Phi) is 4.01. The second kappa shape index (κ2) is 6.10. The Morgan fingerprint density at radius 2 is 1.81 bits per heavy atom. The van der Waals surface area contributed by atoms with Crippen molar-refractivity contribution in [1.82, 2.24) is 15.0 Å². The van der Waals surface area contributed by atoms with E-state index in [-0.39, 0.29) is 0 Å². The summed E-state index contributed by atoms with van der Waals surface area (Å²) >= 11 is 1.87. The predicted molar refractivity (Wildman–Crippen MR) is 87.1 cm³/mol. The van der Waals surface area contributed by atoms with E-state index in [9.17, 15) is 0 Å². The maximum absolute atomic E-state index is 4.12. The molecule has 0 aliphatic rings. The zero-order valence-electron chi connectivity index (χ0n) is 12.2. The van der Waals surface area contributed by atoms with Crippen molar-refractivity contribution in [3.63, 3.8) is 0 Å². The van der Waals surface area contributed by atoms with Crippen LogP contribution >= 0.6 is 11.3 Å². The molecule has 1 N–H and O–H groups in total. The number of hydrogen-bond acceptors (Lipinski definition) is 4. The zero-order valence-corrected chi connectivity index (χ0v) is 13.0. The first kappa shape index (κ1) is 13.8. The number of nitrogens with zero attached hydrogens (tertiary/aromatic N) is 3. The number of rotatable bonds is 5. The standard InChI is InChI=1S/C16H18N4S/c1-3-15-8-9-16(21-15)12(2)19-13-4-6-14(7-5-13)20-17-10-11-18-20/h4-12,19H,3H2,1-2H3. The van der Waals surface area contributed by atoms with E-state index in [1.54, 1.807) is 17.2 Å². The highest BCUT2D eigenvalue weighted by Gasteiger charge is 2.08. The molecule has 21 heavy (non-hydrogen) atoms. The Bertz CT molecular complexity index is 685. The van der Waals surface area contributed by atoms with Gasteiger partial charge in [0.05, 0.1) is 24.1 Å². The van der Waals surface area contributed by atoms with Crippen molar-refractivity contribution in [2.75, 3.05) is 5.32 Å². The predicted octanol–water partition coefficient (Wildman–Crippen LogP) is 4.06. The topological polar surface area (TPSA) is 42.7 Å². The molecule has 1 atom stereocenters. The van der Waals surface area contributed by atoms with Crippen LogP contribution in [0.25, 0.3) is 5.69 Å². The van der Waals surface area contributed by atoms with Gasteiger partial charge in [0, 0.05) is 15.4 Å². The number of aromatic nitrogens is 3. The van der Waals surface area contributed by atoms with Crippen LogP contribution in [0.3, 0.4) is 0 Å². The minimum atomic E-state index is 0.309. The molecule has 1 aromatic carbocycles. The van der Waals surface area contributed by atoms with E-state index in [1.807, 2.05) is 23.5 Å². The molecule has 0 amide bonds. The molecule has 0 aliphatic heterocycles. The molecule has 0 aliphatic carbocycles. The van der Waals surface area contributed by atoms with Crippen LogP contribution in [0.5, 0.6) is 0 Å². The highest BCUT2D eigenvalue weighted by molar-refractivity contribution is 7.12. The van der Waals surface area contributed by atoms with Gasteiger partial charge >= 0.3 is 0 Å². The van der Waals surface area contributed by atoms with Crippen molar-refractivity contribution < 1.29 is 0 Å². The summed E-state index contributed by atoms with van der Waals surface area (Å²) in [6.45, 7) is 4.38. The molecule has 0 saturated heterocycles. The van der Waals surface area contributed by atoms with Crippen LogP contribution in [-0.2, 0) is 6.42 Å². The van der Waals surface area contributed by atoms with E-state index >= 15 is 0 Å². The SMILES string of the molecule is CCc1ccc(C(C)Nc2ccc(-n3nccn3)cc2)s1. The lowest BCUT2D eigenvalue weighted by Crippen LogP contribution is -2.05. The lowest BCUT2D eigenvalue weighted by molar-refractivity contribution is 0.752. The maximum atomic E-state index is 4.12. The molecular weight excluding hydrogens is 280 g/mol. The van der Waals surface area contributed by atoms with E-state index in [0.29, 0.717) is 6.04 Å². The summed E-state index contributed by atoms with van der Waals surface area (Å²) in [7, 11) is 0. The van der Waals surface area contributed by atoms with E-state index in [4.69, 9.17) is 0 Å². The monoisotopic (exact) mass is 298 g/mol. The number of nitrogens with one attached hydrogen (secondary N) is 1. The van der Waals surface area contributed by atoms with Gasteiger partial charge in [-0.05, 0) is 49.7 Å². The third-order valence-corrected chi connectivity index (χ3v) is 4.77. The molecular formula is C16H18N4S. The average Bonchev–Trinajstić information content (AvgIpc) is 3.19. The van der Waals surface area contributed by atoms with Crippen molar-refractivity contribution in [2.45, 2.75) is 26.3 Å². The highest BCUT2D eigenvalue weighted by Crippen LogP contribution is 2.26. The van der Waals surface area contributed by atoms with Crippen molar-refractivity contribution in [3.05, 3.63) is 58.5 Å². The molecule has 0 saturated carbocycles. The fourth-order valence-electron chi connectivity index (χ4n) is 2.18. The molecule has 2 heterocycles. The Labute approximate surface area is 128 Å². The molecule has 3 rings (SSSR count). The lowest BCUT2D eigenvalue weighted by Gasteiger charge is -2.14. The maximum Gasteiger partial charge on any atom is 0.0858 e. The summed E-state index contributed by atoms with van der Waals surface area (Å²) < 4.78 is 0. The third kappa shape index (κ3) is 3.13. The molecule has 3 aromatic rings. The molecule has 0 fully saturated rings. The Balaban J connectivity index is 1.70. The summed E-state index contributed by atoms with van der Waals surface area (Å²) in [5, 5.41) is 11.8. The summed E-state index contributed by atoms with van der Waals surface area (Å²) in [6, 6.07) is 12.9. The van der Waals surface area contributed by atoms with E-state index < -0.39 is 0 Å².